The van der Waals surface area contributed by atoms with Gasteiger partial charge in [0.1, 0.15) is 36.4 Å². The van der Waals surface area contributed by atoms with Crippen LogP contribution < -0.4 is 10.1 Å². The van der Waals surface area contributed by atoms with Crippen LogP contribution >= 0.6 is 11.6 Å². The number of hydrogen-bond acceptors (Lipinski definition) is 8. The van der Waals surface area contributed by atoms with Crippen molar-refractivity contribution in [1.29, 1.82) is 0 Å². The number of nitrogens with one attached hydrogen (secondary N) is 1. The molecule has 0 aliphatic rings. The number of ether oxygens (including phenoxy) is 1. The maximum Gasteiger partial charge on any atom is 0.262 e. The SMILES string of the molecule is COc1ccc2c(c1)c(CC(=O)N[C@@H](C=O)[C@@H](O)[C@H](O)[C@H](O)CO)c(C)n2C(=O)c1ccc(Cl)cc1. The highest BCUT2D eigenvalue weighted by Gasteiger charge is 2.32. The summed E-state index contributed by atoms with van der Waals surface area (Å²) in [5.41, 5.74) is 1.88. The van der Waals surface area contributed by atoms with Crippen LogP contribution in [-0.4, -0.2) is 81.2 Å². The summed E-state index contributed by atoms with van der Waals surface area (Å²) in [4.78, 5) is 37.7. The summed E-state index contributed by atoms with van der Waals surface area (Å²) in [6, 6.07) is 9.89. The summed E-state index contributed by atoms with van der Waals surface area (Å²) in [6.07, 6.45) is -5.48. The van der Waals surface area contributed by atoms with Gasteiger partial charge in [-0.2, -0.15) is 0 Å². The molecule has 0 bridgehead atoms. The molecule has 36 heavy (non-hydrogen) atoms. The summed E-state index contributed by atoms with van der Waals surface area (Å²) in [5.74, 6) is -0.517. The van der Waals surface area contributed by atoms with Crippen molar-refractivity contribution < 1.29 is 39.5 Å². The Morgan fingerprint density at radius 2 is 1.78 bits per heavy atom. The van der Waals surface area contributed by atoms with E-state index in [0.29, 0.717) is 38.5 Å². The maximum atomic E-state index is 13.4. The van der Waals surface area contributed by atoms with Crippen molar-refractivity contribution in [3.05, 3.63) is 64.3 Å². The number of methoxy groups -OCH3 is 1. The highest BCUT2D eigenvalue weighted by Crippen LogP contribution is 2.31. The van der Waals surface area contributed by atoms with Crippen LogP contribution in [0.3, 0.4) is 0 Å². The van der Waals surface area contributed by atoms with Crippen LogP contribution in [-0.2, 0) is 16.0 Å². The van der Waals surface area contributed by atoms with Crippen LogP contribution in [0.15, 0.2) is 42.5 Å². The standard InChI is InChI=1S/C25H27ClN2O8/c1-13-17(10-22(32)27-19(11-29)23(33)24(34)21(31)12-30)18-9-16(36-2)7-8-20(18)28(13)25(35)14-3-5-15(26)6-4-14/h3-9,11,19,21,23-24,30-31,33-34H,10,12H2,1-2H3,(H,27,32)/t19-,21+,23+,24+/m0/s1. The molecule has 1 aromatic heterocycles. The molecule has 0 unspecified atom stereocenters. The van der Waals surface area contributed by atoms with Gasteiger partial charge in [0.2, 0.25) is 5.91 Å². The Bertz CT molecular complexity index is 1260. The first kappa shape index (κ1) is 27.3. The van der Waals surface area contributed by atoms with E-state index in [0.717, 1.165) is 0 Å². The number of aromatic nitrogens is 1. The summed E-state index contributed by atoms with van der Waals surface area (Å²) in [7, 11) is 1.48. The fourth-order valence-corrected chi connectivity index (χ4v) is 4.07. The number of aldehydes is 1. The number of benzene rings is 2. The molecule has 11 heteroatoms. The number of hydrogen-bond donors (Lipinski definition) is 5. The second kappa shape index (κ2) is 11.6. The van der Waals surface area contributed by atoms with E-state index in [-0.39, 0.29) is 18.6 Å². The van der Waals surface area contributed by atoms with Gasteiger partial charge in [-0.05, 0) is 55.0 Å². The first-order valence-electron chi connectivity index (χ1n) is 11.0. The Labute approximate surface area is 211 Å². The van der Waals surface area contributed by atoms with Gasteiger partial charge < -0.3 is 35.3 Å². The molecule has 0 spiro atoms. The Balaban J connectivity index is 1.97. The monoisotopic (exact) mass is 518 g/mol. The molecule has 1 heterocycles. The third-order valence-electron chi connectivity index (χ3n) is 5.95. The summed E-state index contributed by atoms with van der Waals surface area (Å²) >= 11 is 5.94. The van der Waals surface area contributed by atoms with E-state index in [1.54, 1.807) is 49.4 Å². The van der Waals surface area contributed by atoms with E-state index in [4.69, 9.17) is 21.4 Å². The normalized spacial score (nSPS) is 14.6. The lowest BCUT2D eigenvalue weighted by Crippen LogP contribution is -2.53. The van der Waals surface area contributed by atoms with Gasteiger partial charge in [-0.1, -0.05) is 11.6 Å². The quantitative estimate of drug-likeness (QED) is 0.244. The van der Waals surface area contributed by atoms with Crippen LogP contribution in [0.25, 0.3) is 10.9 Å². The third kappa shape index (κ3) is 5.58. The van der Waals surface area contributed by atoms with Gasteiger partial charge in [0, 0.05) is 21.7 Å². The molecule has 4 atom stereocenters. The van der Waals surface area contributed by atoms with Crippen LogP contribution in [0, 0.1) is 6.92 Å². The minimum absolute atomic E-state index is 0.221. The minimum atomic E-state index is -1.87. The van der Waals surface area contributed by atoms with E-state index in [9.17, 15) is 29.7 Å². The Morgan fingerprint density at radius 1 is 1.11 bits per heavy atom. The maximum absolute atomic E-state index is 13.4. The molecule has 0 aliphatic carbocycles. The largest absolute Gasteiger partial charge is 0.497 e. The molecule has 0 aliphatic heterocycles. The number of nitrogens with zero attached hydrogens (tertiary/aromatic N) is 1. The average molecular weight is 519 g/mol. The number of fused-ring (bicyclic) bond motifs is 1. The van der Waals surface area contributed by atoms with Crippen LogP contribution in [0.1, 0.15) is 21.6 Å². The van der Waals surface area contributed by atoms with Gasteiger partial charge in [-0.3, -0.25) is 14.2 Å². The van der Waals surface area contributed by atoms with Gasteiger partial charge in [-0.25, -0.2) is 0 Å². The summed E-state index contributed by atoms with van der Waals surface area (Å²) < 4.78 is 6.77. The number of aliphatic hydroxyl groups excluding tert-OH is 4. The third-order valence-corrected chi connectivity index (χ3v) is 6.20. The van der Waals surface area contributed by atoms with Gasteiger partial charge in [-0.15, -0.1) is 0 Å². The molecule has 0 radical (unpaired) electrons. The van der Waals surface area contributed by atoms with E-state index in [2.05, 4.69) is 5.32 Å². The predicted molar refractivity (Wildman–Crippen MR) is 131 cm³/mol. The molecule has 2 aromatic carbocycles. The molecular weight excluding hydrogens is 492 g/mol. The molecule has 10 nitrogen and oxygen atoms in total. The van der Waals surface area contributed by atoms with Crippen LogP contribution in [0.5, 0.6) is 5.75 Å². The number of rotatable bonds is 10. The summed E-state index contributed by atoms with van der Waals surface area (Å²) in [6.45, 7) is 0.830. The van der Waals surface area contributed by atoms with Gasteiger partial charge >= 0.3 is 0 Å². The number of halogens is 1. The lowest BCUT2D eigenvalue weighted by molar-refractivity contribution is -0.130. The Kier molecular flexibility index (Phi) is 8.83. The van der Waals surface area contributed by atoms with E-state index in [1.165, 1.54) is 11.7 Å². The molecular formula is C25H27ClN2O8. The lowest BCUT2D eigenvalue weighted by Gasteiger charge is -2.26. The molecule has 3 rings (SSSR count). The number of aliphatic hydroxyl groups is 4. The zero-order valence-corrected chi connectivity index (χ0v) is 20.3. The predicted octanol–water partition coefficient (Wildman–Crippen LogP) is 0.601. The first-order valence-corrected chi connectivity index (χ1v) is 11.4. The second-order valence-corrected chi connectivity index (χ2v) is 8.67. The van der Waals surface area contributed by atoms with Crippen molar-refractivity contribution in [3.63, 3.8) is 0 Å². The molecule has 0 saturated heterocycles. The van der Waals surface area contributed by atoms with Gasteiger partial charge in [0.05, 0.1) is 25.7 Å². The molecule has 0 fully saturated rings. The number of carbonyl (C=O) groups is 3. The Hall–Kier alpha value is -3.28. The van der Waals surface area contributed by atoms with Crippen molar-refractivity contribution in [2.45, 2.75) is 37.7 Å². The van der Waals surface area contributed by atoms with Crippen molar-refractivity contribution >= 4 is 40.6 Å². The smallest absolute Gasteiger partial charge is 0.262 e. The zero-order valence-electron chi connectivity index (χ0n) is 19.6. The number of carbonyl (C=O) groups excluding carboxylic acids is 3. The number of amides is 1. The first-order chi connectivity index (χ1) is 17.1. The fourth-order valence-electron chi connectivity index (χ4n) is 3.94. The van der Waals surface area contributed by atoms with Crippen molar-refractivity contribution in [3.8, 4) is 5.75 Å². The zero-order chi connectivity index (χ0) is 26.6. The van der Waals surface area contributed by atoms with Gasteiger partial charge in [0.15, 0.2) is 0 Å². The van der Waals surface area contributed by atoms with Crippen molar-refractivity contribution in [2.24, 2.45) is 0 Å². The second-order valence-electron chi connectivity index (χ2n) is 8.23. The Morgan fingerprint density at radius 3 is 2.36 bits per heavy atom. The highest BCUT2D eigenvalue weighted by atomic mass is 35.5. The molecule has 5 N–H and O–H groups in total. The molecule has 1 amide bonds. The minimum Gasteiger partial charge on any atom is -0.497 e. The van der Waals surface area contributed by atoms with Crippen molar-refractivity contribution in [1.82, 2.24) is 9.88 Å². The van der Waals surface area contributed by atoms with Crippen molar-refractivity contribution in [2.75, 3.05) is 13.7 Å². The van der Waals surface area contributed by atoms with Crippen LogP contribution in [0.4, 0.5) is 0 Å². The topological polar surface area (TPSA) is 158 Å². The molecule has 0 saturated carbocycles. The lowest BCUT2D eigenvalue weighted by atomic mass is 10.0. The highest BCUT2D eigenvalue weighted by molar-refractivity contribution is 6.30. The van der Waals surface area contributed by atoms with E-state index in [1.807, 2.05) is 0 Å². The fraction of sp³-hybridized carbons (Fsp3) is 0.320. The van der Waals surface area contributed by atoms with Gasteiger partial charge in [0.25, 0.3) is 5.91 Å². The van der Waals surface area contributed by atoms with E-state index < -0.39 is 36.9 Å². The van der Waals surface area contributed by atoms with E-state index >= 15 is 0 Å². The summed E-state index contributed by atoms with van der Waals surface area (Å²) in [5, 5.41) is 41.9. The molecule has 3 aromatic rings. The molecule has 192 valence electrons. The van der Waals surface area contributed by atoms with Crippen LogP contribution in [0.2, 0.25) is 5.02 Å². The average Bonchev–Trinajstić information content (AvgIpc) is 3.15.